The third-order valence-corrected chi connectivity index (χ3v) is 4.73. The third-order valence-electron chi connectivity index (χ3n) is 3.09. The lowest BCUT2D eigenvalue weighted by Gasteiger charge is -2.17. The molecule has 1 aromatic rings. The Labute approximate surface area is 134 Å². The van der Waals surface area contributed by atoms with Crippen molar-refractivity contribution >= 4 is 13.4 Å². The van der Waals surface area contributed by atoms with Crippen LogP contribution in [0.1, 0.15) is 45.1 Å². The summed E-state index contributed by atoms with van der Waals surface area (Å²) in [4.78, 5) is 0. The third kappa shape index (κ3) is 6.78. The summed E-state index contributed by atoms with van der Waals surface area (Å²) in [6, 6.07) is 9.54. The van der Waals surface area contributed by atoms with Crippen molar-refractivity contribution in [2.24, 2.45) is 0 Å². The van der Waals surface area contributed by atoms with Gasteiger partial charge in [-0.15, -0.1) is 0 Å². The minimum atomic E-state index is -3.30. The molecule has 0 atom stereocenters. The highest BCUT2D eigenvalue weighted by atomic mass is 31.2. The molecule has 1 aromatic carbocycles. The Morgan fingerprint density at radius 1 is 1.05 bits per heavy atom. The fourth-order valence-electron chi connectivity index (χ4n) is 1.78. The smallest absolute Gasteiger partial charge is 0.357 e. The Morgan fingerprint density at radius 3 is 2.05 bits per heavy atom. The molecule has 0 spiro atoms. The standard InChI is InChI=1S/C17H27O4P/c1-4-6-13-20-22(18,21-14-7-5-2)15-17(19-3)16-11-9-8-10-12-16/h8-12,15H,4-7,13-14H2,1-3H3. The Balaban J connectivity index is 2.92. The quantitative estimate of drug-likeness (QED) is 0.308. The number of benzene rings is 1. The molecule has 0 fully saturated rings. The summed E-state index contributed by atoms with van der Waals surface area (Å²) in [7, 11) is -1.75. The molecule has 124 valence electrons. The van der Waals surface area contributed by atoms with Crippen LogP contribution in [-0.2, 0) is 18.3 Å². The lowest BCUT2D eigenvalue weighted by molar-refractivity contribution is 0.207. The zero-order valence-electron chi connectivity index (χ0n) is 13.8. The van der Waals surface area contributed by atoms with Crippen LogP contribution in [0.3, 0.4) is 0 Å². The van der Waals surface area contributed by atoms with Gasteiger partial charge in [-0.25, -0.2) is 0 Å². The Hall–Kier alpha value is -1.09. The van der Waals surface area contributed by atoms with E-state index in [-0.39, 0.29) is 0 Å². The van der Waals surface area contributed by atoms with Gasteiger partial charge in [0.15, 0.2) is 0 Å². The molecule has 0 saturated carbocycles. The zero-order chi connectivity index (χ0) is 16.3. The fourth-order valence-corrected chi connectivity index (χ4v) is 3.31. The number of methoxy groups -OCH3 is 1. The maximum Gasteiger partial charge on any atom is 0.357 e. The first-order valence-electron chi connectivity index (χ1n) is 7.86. The minimum absolute atomic E-state index is 0.419. The predicted octanol–water partition coefficient (Wildman–Crippen LogP) is 5.46. The van der Waals surface area contributed by atoms with Crippen LogP contribution in [0.5, 0.6) is 0 Å². The highest BCUT2D eigenvalue weighted by Gasteiger charge is 2.23. The van der Waals surface area contributed by atoms with Gasteiger partial charge in [0.05, 0.1) is 26.1 Å². The van der Waals surface area contributed by atoms with Gasteiger partial charge in [0.25, 0.3) is 0 Å². The van der Waals surface area contributed by atoms with Crippen molar-refractivity contribution in [1.82, 2.24) is 0 Å². The molecular formula is C17H27O4P. The van der Waals surface area contributed by atoms with Gasteiger partial charge in [-0.1, -0.05) is 57.0 Å². The molecule has 0 aliphatic heterocycles. The van der Waals surface area contributed by atoms with Gasteiger partial charge in [-0.2, -0.15) is 0 Å². The molecule has 0 N–H and O–H groups in total. The second-order valence-electron chi connectivity index (χ2n) is 4.98. The van der Waals surface area contributed by atoms with Crippen LogP contribution in [0.15, 0.2) is 36.1 Å². The first-order chi connectivity index (χ1) is 10.6. The second kappa shape index (κ2) is 10.6. The van der Waals surface area contributed by atoms with Crippen LogP contribution in [0.25, 0.3) is 5.76 Å². The molecule has 0 aromatic heterocycles. The summed E-state index contributed by atoms with van der Waals surface area (Å²) in [5.41, 5.74) is 0.850. The van der Waals surface area contributed by atoms with Crippen molar-refractivity contribution in [3.8, 4) is 0 Å². The second-order valence-corrected chi connectivity index (χ2v) is 6.83. The highest BCUT2D eigenvalue weighted by molar-refractivity contribution is 7.57. The molecule has 0 bridgehead atoms. The van der Waals surface area contributed by atoms with Crippen molar-refractivity contribution in [2.45, 2.75) is 39.5 Å². The molecule has 5 heteroatoms. The SMILES string of the molecule is CCCCOP(=O)(C=C(OC)c1ccccc1)OCCCC. The number of rotatable bonds is 11. The van der Waals surface area contributed by atoms with E-state index in [4.69, 9.17) is 13.8 Å². The average Bonchev–Trinajstić information content (AvgIpc) is 2.54. The van der Waals surface area contributed by atoms with Crippen LogP contribution in [0.2, 0.25) is 0 Å². The van der Waals surface area contributed by atoms with Gasteiger partial charge in [-0.05, 0) is 12.8 Å². The number of hydrogen-bond donors (Lipinski definition) is 0. The van der Waals surface area contributed by atoms with Crippen LogP contribution >= 0.6 is 7.60 Å². The van der Waals surface area contributed by atoms with Crippen LogP contribution in [0, 0.1) is 0 Å². The van der Waals surface area contributed by atoms with E-state index in [9.17, 15) is 4.57 Å². The lowest BCUT2D eigenvalue weighted by atomic mass is 10.2. The molecule has 22 heavy (non-hydrogen) atoms. The Kier molecular flexibility index (Phi) is 9.14. The lowest BCUT2D eigenvalue weighted by Crippen LogP contribution is -1.99. The molecule has 0 aliphatic carbocycles. The van der Waals surface area contributed by atoms with Gasteiger partial charge >= 0.3 is 7.60 Å². The summed E-state index contributed by atoms with van der Waals surface area (Å²) >= 11 is 0. The highest BCUT2D eigenvalue weighted by Crippen LogP contribution is 2.52. The van der Waals surface area contributed by atoms with Gasteiger partial charge in [-0.3, -0.25) is 4.57 Å². The first kappa shape index (κ1) is 19.0. The van der Waals surface area contributed by atoms with Crippen LogP contribution < -0.4 is 0 Å². The van der Waals surface area contributed by atoms with E-state index in [2.05, 4.69) is 13.8 Å². The topological polar surface area (TPSA) is 44.8 Å². The predicted molar refractivity (Wildman–Crippen MR) is 90.8 cm³/mol. The van der Waals surface area contributed by atoms with E-state index in [0.29, 0.717) is 19.0 Å². The number of ether oxygens (including phenoxy) is 1. The van der Waals surface area contributed by atoms with Crippen molar-refractivity contribution in [2.75, 3.05) is 20.3 Å². The maximum absolute atomic E-state index is 12.9. The van der Waals surface area contributed by atoms with Crippen LogP contribution in [0.4, 0.5) is 0 Å². The fraction of sp³-hybridized carbons (Fsp3) is 0.529. The van der Waals surface area contributed by atoms with E-state index in [1.54, 1.807) is 7.11 Å². The van der Waals surface area contributed by atoms with Gasteiger partial charge in [0.2, 0.25) is 0 Å². The van der Waals surface area contributed by atoms with Crippen molar-refractivity contribution in [3.05, 3.63) is 41.7 Å². The Morgan fingerprint density at radius 2 is 1.59 bits per heavy atom. The van der Waals surface area contributed by atoms with E-state index in [1.165, 1.54) is 5.82 Å². The zero-order valence-corrected chi connectivity index (χ0v) is 14.7. The summed E-state index contributed by atoms with van der Waals surface area (Å²) < 4.78 is 29.4. The molecule has 0 radical (unpaired) electrons. The van der Waals surface area contributed by atoms with Gasteiger partial charge < -0.3 is 13.8 Å². The minimum Gasteiger partial charge on any atom is -0.496 e. The summed E-state index contributed by atoms with van der Waals surface area (Å²) in [5, 5.41) is 0. The van der Waals surface area contributed by atoms with Crippen LogP contribution in [-0.4, -0.2) is 20.3 Å². The number of hydrogen-bond acceptors (Lipinski definition) is 4. The maximum atomic E-state index is 12.9. The molecule has 0 amide bonds. The summed E-state index contributed by atoms with van der Waals surface area (Å²) in [6.07, 6.45) is 3.66. The van der Waals surface area contributed by atoms with Crippen molar-refractivity contribution in [3.63, 3.8) is 0 Å². The van der Waals surface area contributed by atoms with Crippen molar-refractivity contribution < 1.29 is 18.3 Å². The van der Waals surface area contributed by atoms with Gasteiger partial charge in [0.1, 0.15) is 5.76 Å². The first-order valence-corrected chi connectivity index (χ1v) is 9.47. The molecular weight excluding hydrogens is 299 g/mol. The molecule has 0 unspecified atom stereocenters. The van der Waals surface area contributed by atoms with E-state index < -0.39 is 7.60 Å². The van der Waals surface area contributed by atoms with Gasteiger partial charge in [0, 0.05) is 5.56 Å². The van der Waals surface area contributed by atoms with E-state index in [1.807, 2.05) is 30.3 Å². The van der Waals surface area contributed by atoms with E-state index in [0.717, 1.165) is 31.2 Å². The summed E-state index contributed by atoms with van der Waals surface area (Å²) in [6.45, 7) is 4.96. The number of unbranched alkanes of at least 4 members (excludes halogenated alkanes) is 2. The molecule has 1 rings (SSSR count). The Bertz CT molecular complexity index is 471. The van der Waals surface area contributed by atoms with Crippen molar-refractivity contribution in [1.29, 1.82) is 0 Å². The normalized spacial score (nSPS) is 12.4. The molecule has 4 nitrogen and oxygen atoms in total. The molecule has 0 saturated heterocycles. The monoisotopic (exact) mass is 326 g/mol. The molecule has 0 heterocycles. The van der Waals surface area contributed by atoms with E-state index >= 15 is 0 Å². The summed E-state index contributed by atoms with van der Waals surface area (Å²) in [5.74, 6) is 2.00. The average molecular weight is 326 g/mol. The molecule has 0 aliphatic rings. The largest absolute Gasteiger partial charge is 0.496 e.